The van der Waals surface area contributed by atoms with E-state index in [1.54, 1.807) is 24.3 Å². The molecule has 3 atom stereocenters. The van der Waals surface area contributed by atoms with Gasteiger partial charge in [-0.2, -0.15) is 0 Å². The van der Waals surface area contributed by atoms with Crippen LogP contribution in [0.3, 0.4) is 0 Å². The number of phenolic OH excluding ortho intramolecular Hbond substituents is 1. The number of rotatable bonds is 14. The summed E-state index contributed by atoms with van der Waals surface area (Å²) in [4.78, 5) is 42.3. The molecule has 3 saturated heterocycles. The number of carboxylic acids is 1. The fourth-order valence-electron chi connectivity index (χ4n) is 8.21. The number of amides is 1. The number of aliphatic hydroxyl groups is 1. The zero-order valence-corrected chi connectivity index (χ0v) is 32.3. The molecule has 6 aromatic rings. The molecule has 3 unspecified atom stereocenters. The monoisotopic (exact) mass is 794 g/mol. The van der Waals surface area contributed by atoms with Crippen molar-refractivity contribution in [1.29, 1.82) is 0 Å². The van der Waals surface area contributed by atoms with Crippen molar-refractivity contribution in [2.75, 3.05) is 26.2 Å². The van der Waals surface area contributed by atoms with Gasteiger partial charge in [-0.15, -0.1) is 0 Å². The van der Waals surface area contributed by atoms with Gasteiger partial charge in [-0.3, -0.25) is 9.69 Å². The second-order valence-electron chi connectivity index (χ2n) is 15.2. The van der Waals surface area contributed by atoms with Gasteiger partial charge in [0.1, 0.15) is 24.2 Å². The Labute approximate surface area is 341 Å². The number of hydrogen-bond donors (Lipinski definition) is 6. The standard InChI is InChI=1S/C47H46N4O8/c52-40-17-15-36(37-16-18-43(54)49-45(37)40)41(53)26-48-25-29-9-12-31(13-10-29)39-23-30(11-14-38(39)46(55)56)28-58-35-8-4-7-34(24-35)44(33-5-2-1-3-6-33)50-47(57)59-42-27-51-21-19-32(42)20-22-51/h1-18,23-24,32,41-42,44,48,52-53H,19-22,25-28H2,(H,49,54)(H,50,57)(H,55,56). The molecule has 5 aromatic carbocycles. The van der Waals surface area contributed by atoms with Gasteiger partial charge in [0.2, 0.25) is 5.56 Å². The normalized spacial score (nSPS) is 18.2. The Hall–Kier alpha value is -6.47. The van der Waals surface area contributed by atoms with Crippen LogP contribution in [0.15, 0.2) is 126 Å². The summed E-state index contributed by atoms with van der Waals surface area (Å²) in [7, 11) is 0. The number of carboxylic acid groups (broad SMARTS) is 1. The quantitative estimate of drug-likeness (QED) is 0.0681. The van der Waals surface area contributed by atoms with E-state index in [2.05, 4.69) is 20.5 Å². The topological polar surface area (TPSA) is 173 Å². The zero-order valence-electron chi connectivity index (χ0n) is 32.3. The smallest absolute Gasteiger partial charge is 0.408 e. The molecule has 0 radical (unpaired) electrons. The summed E-state index contributed by atoms with van der Waals surface area (Å²) in [6, 6.07) is 35.6. The molecule has 2 bridgehead atoms. The minimum absolute atomic E-state index is 0.0722. The number of nitrogens with one attached hydrogen (secondary N) is 3. The number of H-pyrrole nitrogens is 1. The molecule has 9 rings (SSSR count). The minimum atomic E-state index is -1.04. The lowest BCUT2D eigenvalue weighted by Crippen LogP contribution is -2.52. The maximum atomic E-state index is 13.3. The Balaban J connectivity index is 0.920. The number of piperidine rings is 3. The first-order valence-electron chi connectivity index (χ1n) is 19.8. The van der Waals surface area contributed by atoms with Crippen LogP contribution in [0.25, 0.3) is 22.0 Å². The largest absolute Gasteiger partial charge is 0.506 e. The lowest BCUT2D eigenvalue weighted by atomic mass is 9.86. The van der Waals surface area contributed by atoms with Crippen molar-refractivity contribution < 1.29 is 34.4 Å². The summed E-state index contributed by atoms with van der Waals surface area (Å²) in [6.07, 6.45) is 0.632. The maximum Gasteiger partial charge on any atom is 0.408 e. The van der Waals surface area contributed by atoms with Crippen LogP contribution in [-0.2, 0) is 17.9 Å². The van der Waals surface area contributed by atoms with Gasteiger partial charge in [0, 0.05) is 31.1 Å². The number of nitrogens with zero attached hydrogens (tertiary/aromatic N) is 1. The average Bonchev–Trinajstić information content (AvgIpc) is 3.26. The molecule has 3 aliphatic heterocycles. The number of aromatic nitrogens is 1. The molecule has 6 N–H and O–H groups in total. The predicted octanol–water partition coefficient (Wildman–Crippen LogP) is 6.91. The van der Waals surface area contributed by atoms with Crippen LogP contribution < -0.4 is 20.9 Å². The van der Waals surface area contributed by atoms with E-state index in [0.29, 0.717) is 34.7 Å². The summed E-state index contributed by atoms with van der Waals surface area (Å²) < 4.78 is 12.2. The number of phenols is 1. The molecular formula is C47H46N4O8. The van der Waals surface area contributed by atoms with Crippen molar-refractivity contribution in [3.63, 3.8) is 0 Å². The Bertz CT molecular complexity index is 2500. The molecule has 0 saturated carbocycles. The molecule has 1 amide bonds. The maximum absolute atomic E-state index is 13.3. The van der Waals surface area contributed by atoms with Gasteiger partial charge in [0.05, 0.1) is 23.2 Å². The number of fused-ring (bicyclic) bond motifs is 4. The molecule has 12 heteroatoms. The molecule has 59 heavy (non-hydrogen) atoms. The van der Waals surface area contributed by atoms with Crippen molar-refractivity contribution in [2.24, 2.45) is 5.92 Å². The summed E-state index contributed by atoms with van der Waals surface area (Å²) >= 11 is 0. The second-order valence-corrected chi connectivity index (χ2v) is 15.2. The summed E-state index contributed by atoms with van der Waals surface area (Å²) in [5.41, 5.74) is 5.37. The van der Waals surface area contributed by atoms with Crippen LogP contribution >= 0.6 is 0 Å². The number of ether oxygens (including phenoxy) is 2. The van der Waals surface area contributed by atoms with E-state index < -0.39 is 24.2 Å². The number of pyridine rings is 1. The molecule has 3 aliphatic rings. The van der Waals surface area contributed by atoms with E-state index in [1.807, 2.05) is 84.9 Å². The number of aromatic amines is 1. The third-order valence-electron chi connectivity index (χ3n) is 11.4. The van der Waals surface area contributed by atoms with E-state index in [1.165, 1.54) is 12.1 Å². The van der Waals surface area contributed by atoms with E-state index >= 15 is 0 Å². The first-order valence-corrected chi connectivity index (χ1v) is 19.8. The van der Waals surface area contributed by atoms with Crippen LogP contribution in [0.2, 0.25) is 0 Å². The molecule has 12 nitrogen and oxygen atoms in total. The lowest BCUT2D eigenvalue weighted by Gasteiger charge is -2.43. The molecule has 0 aliphatic carbocycles. The van der Waals surface area contributed by atoms with E-state index in [-0.39, 0.29) is 41.6 Å². The van der Waals surface area contributed by atoms with Crippen molar-refractivity contribution in [1.82, 2.24) is 20.5 Å². The van der Waals surface area contributed by atoms with Crippen molar-refractivity contribution in [2.45, 2.75) is 44.2 Å². The zero-order chi connectivity index (χ0) is 40.9. The lowest BCUT2D eigenvalue weighted by molar-refractivity contribution is -0.0336. The SMILES string of the molecule is O=C(NC(c1ccccc1)c1cccc(OCc2ccc(C(=O)O)c(-c3ccc(CNCC(O)c4ccc(O)c5[nH]c(=O)ccc45)cc3)c2)c1)OC1CN2CCC1CC2. The van der Waals surface area contributed by atoms with Gasteiger partial charge >= 0.3 is 12.1 Å². The third-order valence-corrected chi connectivity index (χ3v) is 11.4. The number of carbonyl (C=O) groups excluding carboxylic acids is 1. The number of carbonyl (C=O) groups is 2. The summed E-state index contributed by atoms with van der Waals surface area (Å²) in [5, 5.41) is 38.1. The predicted molar refractivity (Wildman–Crippen MR) is 223 cm³/mol. The first kappa shape index (κ1) is 39.4. The Morgan fingerprint density at radius 3 is 2.36 bits per heavy atom. The highest BCUT2D eigenvalue weighted by Gasteiger charge is 2.37. The summed E-state index contributed by atoms with van der Waals surface area (Å²) in [6.45, 7) is 3.72. The second kappa shape index (κ2) is 17.6. The molecule has 3 fully saturated rings. The highest BCUT2D eigenvalue weighted by molar-refractivity contribution is 5.96. The van der Waals surface area contributed by atoms with Crippen LogP contribution in [0.4, 0.5) is 4.79 Å². The number of alkyl carbamates (subject to hydrolysis) is 1. The number of benzene rings is 5. The van der Waals surface area contributed by atoms with Gasteiger partial charge in [-0.1, -0.05) is 78.9 Å². The van der Waals surface area contributed by atoms with Crippen LogP contribution in [0.5, 0.6) is 11.5 Å². The molecule has 0 spiro atoms. The van der Waals surface area contributed by atoms with Crippen LogP contribution in [0, 0.1) is 5.92 Å². The number of aromatic hydroxyl groups is 1. The number of hydrogen-bond acceptors (Lipinski definition) is 9. The highest BCUT2D eigenvalue weighted by atomic mass is 16.6. The van der Waals surface area contributed by atoms with Crippen molar-refractivity contribution in [3.8, 4) is 22.6 Å². The average molecular weight is 795 g/mol. The highest BCUT2D eigenvalue weighted by Crippen LogP contribution is 2.32. The molecular weight excluding hydrogens is 749 g/mol. The van der Waals surface area contributed by atoms with Gasteiger partial charge in [0.25, 0.3) is 0 Å². The Morgan fingerprint density at radius 1 is 0.847 bits per heavy atom. The Kier molecular flexibility index (Phi) is 11.7. The molecule has 4 heterocycles. The number of aromatic carboxylic acids is 1. The summed E-state index contributed by atoms with van der Waals surface area (Å²) in [5.74, 6) is -0.127. The van der Waals surface area contributed by atoms with E-state index in [9.17, 15) is 29.7 Å². The molecule has 302 valence electrons. The van der Waals surface area contributed by atoms with Crippen molar-refractivity contribution in [3.05, 3.63) is 165 Å². The van der Waals surface area contributed by atoms with Gasteiger partial charge in [-0.25, -0.2) is 9.59 Å². The van der Waals surface area contributed by atoms with Crippen LogP contribution in [0.1, 0.15) is 63.2 Å². The fraction of sp³-hybridized carbons (Fsp3) is 0.255. The first-order chi connectivity index (χ1) is 28.7. The van der Waals surface area contributed by atoms with E-state index in [0.717, 1.165) is 60.3 Å². The van der Waals surface area contributed by atoms with Gasteiger partial charge in [0.15, 0.2) is 0 Å². The van der Waals surface area contributed by atoms with Gasteiger partial charge in [-0.05, 0) is 107 Å². The third kappa shape index (κ3) is 9.15. The van der Waals surface area contributed by atoms with E-state index in [4.69, 9.17) is 9.47 Å². The Morgan fingerprint density at radius 2 is 1.61 bits per heavy atom. The van der Waals surface area contributed by atoms with Crippen molar-refractivity contribution >= 4 is 23.0 Å². The van der Waals surface area contributed by atoms with Crippen LogP contribution in [-0.4, -0.2) is 69.5 Å². The van der Waals surface area contributed by atoms with Gasteiger partial charge < -0.3 is 40.4 Å². The number of aliphatic hydroxyl groups excluding tert-OH is 1. The minimum Gasteiger partial charge on any atom is -0.506 e. The fourth-order valence-corrected chi connectivity index (χ4v) is 8.21. The molecule has 1 aromatic heterocycles.